The SMILES string of the molecule is COCCCC(N)c1nc2ccc(C)cc2[nH]1. The summed E-state index contributed by atoms with van der Waals surface area (Å²) in [4.78, 5) is 7.80. The molecular formula is C13H19N3O. The van der Waals surface area contributed by atoms with Crippen LogP contribution in [0.3, 0.4) is 0 Å². The van der Waals surface area contributed by atoms with Gasteiger partial charge in [-0.3, -0.25) is 0 Å². The van der Waals surface area contributed by atoms with E-state index in [9.17, 15) is 0 Å². The molecule has 1 heterocycles. The van der Waals surface area contributed by atoms with Crippen LogP contribution in [-0.4, -0.2) is 23.7 Å². The summed E-state index contributed by atoms with van der Waals surface area (Å²) in [6.07, 6.45) is 1.83. The van der Waals surface area contributed by atoms with E-state index in [4.69, 9.17) is 10.5 Å². The van der Waals surface area contributed by atoms with Crippen LogP contribution in [-0.2, 0) is 4.74 Å². The van der Waals surface area contributed by atoms with Gasteiger partial charge < -0.3 is 15.5 Å². The number of aryl methyl sites for hydroxylation is 1. The number of nitrogens with one attached hydrogen (secondary N) is 1. The smallest absolute Gasteiger partial charge is 0.124 e. The first-order chi connectivity index (χ1) is 8.20. The van der Waals surface area contributed by atoms with E-state index in [2.05, 4.69) is 29.0 Å². The van der Waals surface area contributed by atoms with Gasteiger partial charge in [-0.15, -0.1) is 0 Å². The Kier molecular flexibility index (Phi) is 3.76. The number of rotatable bonds is 5. The van der Waals surface area contributed by atoms with Gasteiger partial charge in [0, 0.05) is 13.7 Å². The maximum Gasteiger partial charge on any atom is 0.124 e. The molecular weight excluding hydrogens is 214 g/mol. The Balaban J connectivity index is 2.12. The quantitative estimate of drug-likeness (QED) is 0.779. The predicted molar refractivity (Wildman–Crippen MR) is 68.9 cm³/mol. The van der Waals surface area contributed by atoms with Crippen molar-refractivity contribution in [2.75, 3.05) is 13.7 Å². The lowest BCUT2D eigenvalue weighted by Crippen LogP contribution is -2.12. The molecule has 0 aliphatic carbocycles. The maximum atomic E-state index is 6.09. The molecule has 0 spiro atoms. The van der Waals surface area contributed by atoms with Crippen LogP contribution in [0.4, 0.5) is 0 Å². The van der Waals surface area contributed by atoms with Crippen LogP contribution in [0, 0.1) is 6.92 Å². The minimum absolute atomic E-state index is 0.0437. The van der Waals surface area contributed by atoms with E-state index >= 15 is 0 Å². The van der Waals surface area contributed by atoms with E-state index < -0.39 is 0 Å². The number of H-pyrrole nitrogens is 1. The van der Waals surface area contributed by atoms with Crippen LogP contribution in [0.2, 0.25) is 0 Å². The molecule has 1 aromatic carbocycles. The Labute approximate surface area is 101 Å². The fourth-order valence-corrected chi connectivity index (χ4v) is 1.90. The van der Waals surface area contributed by atoms with Crippen molar-refractivity contribution in [3.8, 4) is 0 Å². The summed E-state index contributed by atoms with van der Waals surface area (Å²) in [7, 11) is 1.70. The number of aromatic amines is 1. The highest BCUT2D eigenvalue weighted by Gasteiger charge is 2.10. The van der Waals surface area contributed by atoms with Crippen LogP contribution < -0.4 is 5.73 Å². The second-order valence-electron chi connectivity index (χ2n) is 4.38. The van der Waals surface area contributed by atoms with Gasteiger partial charge in [-0.1, -0.05) is 6.07 Å². The Hall–Kier alpha value is -1.39. The number of nitrogens with zero attached hydrogens (tertiary/aromatic N) is 1. The molecule has 4 heteroatoms. The lowest BCUT2D eigenvalue weighted by atomic mass is 10.1. The van der Waals surface area contributed by atoms with Crippen LogP contribution >= 0.6 is 0 Å². The maximum absolute atomic E-state index is 6.09. The molecule has 0 amide bonds. The largest absolute Gasteiger partial charge is 0.385 e. The number of methoxy groups -OCH3 is 1. The first-order valence-electron chi connectivity index (χ1n) is 5.91. The summed E-state index contributed by atoms with van der Waals surface area (Å²) < 4.78 is 5.02. The molecule has 0 bridgehead atoms. The minimum Gasteiger partial charge on any atom is -0.385 e. The zero-order valence-electron chi connectivity index (χ0n) is 10.4. The number of benzene rings is 1. The van der Waals surface area contributed by atoms with Crippen molar-refractivity contribution < 1.29 is 4.74 Å². The molecule has 1 atom stereocenters. The standard InChI is InChI=1S/C13H19N3O/c1-9-5-6-11-12(8-9)16-13(15-11)10(14)4-3-7-17-2/h5-6,8,10H,3-4,7,14H2,1-2H3,(H,15,16). The van der Waals surface area contributed by atoms with Crippen molar-refractivity contribution in [1.82, 2.24) is 9.97 Å². The van der Waals surface area contributed by atoms with Gasteiger partial charge in [-0.05, 0) is 37.5 Å². The molecule has 4 nitrogen and oxygen atoms in total. The van der Waals surface area contributed by atoms with Crippen LogP contribution in [0.1, 0.15) is 30.3 Å². The zero-order valence-corrected chi connectivity index (χ0v) is 10.4. The Morgan fingerprint density at radius 2 is 2.29 bits per heavy atom. The van der Waals surface area contributed by atoms with Gasteiger partial charge in [0.1, 0.15) is 5.82 Å². The van der Waals surface area contributed by atoms with E-state index in [0.717, 1.165) is 36.3 Å². The van der Waals surface area contributed by atoms with Crippen molar-refractivity contribution in [2.24, 2.45) is 5.73 Å². The van der Waals surface area contributed by atoms with Crippen molar-refractivity contribution in [3.05, 3.63) is 29.6 Å². The van der Waals surface area contributed by atoms with Crippen LogP contribution in [0.15, 0.2) is 18.2 Å². The third-order valence-corrected chi connectivity index (χ3v) is 2.87. The molecule has 0 saturated carbocycles. The predicted octanol–water partition coefficient (Wildman–Crippen LogP) is 2.30. The number of imidazole rings is 1. The molecule has 0 aliphatic heterocycles. The molecule has 1 aromatic heterocycles. The van der Waals surface area contributed by atoms with E-state index in [1.165, 1.54) is 5.56 Å². The average Bonchev–Trinajstić information content (AvgIpc) is 2.72. The molecule has 0 radical (unpaired) electrons. The van der Waals surface area contributed by atoms with Gasteiger partial charge in [0.05, 0.1) is 17.1 Å². The minimum atomic E-state index is -0.0437. The van der Waals surface area contributed by atoms with Gasteiger partial charge in [0.25, 0.3) is 0 Å². The van der Waals surface area contributed by atoms with Gasteiger partial charge in [-0.2, -0.15) is 0 Å². The summed E-state index contributed by atoms with van der Waals surface area (Å²) >= 11 is 0. The summed E-state index contributed by atoms with van der Waals surface area (Å²) in [6.45, 7) is 2.81. The number of ether oxygens (including phenoxy) is 1. The summed E-state index contributed by atoms with van der Waals surface area (Å²) in [5.41, 5.74) is 9.35. The Bertz CT molecular complexity index is 492. The highest BCUT2D eigenvalue weighted by Crippen LogP contribution is 2.18. The molecule has 17 heavy (non-hydrogen) atoms. The van der Waals surface area contributed by atoms with Crippen LogP contribution in [0.5, 0.6) is 0 Å². The third-order valence-electron chi connectivity index (χ3n) is 2.87. The second kappa shape index (κ2) is 5.29. The Morgan fingerprint density at radius 1 is 1.47 bits per heavy atom. The van der Waals surface area contributed by atoms with Crippen LogP contribution in [0.25, 0.3) is 11.0 Å². The van der Waals surface area contributed by atoms with E-state index in [1.807, 2.05) is 6.07 Å². The fourth-order valence-electron chi connectivity index (χ4n) is 1.90. The van der Waals surface area contributed by atoms with E-state index in [0.29, 0.717) is 0 Å². The van der Waals surface area contributed by atoms with Crippen molar-refractivity contribution >= 4 is 11.0 Å². The van der Waals surface area contributed by atoms with Crippen molar-refractivity contribution in [2.45, 2.75) is 25.8 Å². The second-order valence-corrected chi connectivity index (χ2v) is 4.38. The van der Waals surface area contributed by atoms with Gasteiger partial charge in [-0.25, -0.2) is 4.98 Å². The fraction of sp³-hybridized carbons (Fsp3) is 0.462. The first kappa shape index (κ1) is 12.1. The number of fused-ring (bicyclic) bond motifs is 1. The van der Waals surface area contributed by atoms with E-state index in [1.54, 1.807) is 7.11 Å². The number of hydrogen-bond acceptors (Lipinski definition) is 3. The Morgan fingerprint density at radius 3 is 3.06 bits per heavy atom. The molecule has 0 aliphatic rings. The third kappa shape index (κ3) is 2.84. The molecule has 2 aromatic rings. The molecule has 2 rings (SSSR count). The van der Waals surface area contributed by atoms with Gasteiger partial charge in [0.2, 0.25) is 0 Å². The highest BCUT2D eigenvalue weighted by molar-refractivity contribution is 5.75. The lowest BCUT2D eigenvalue weighted by Gasteiger charge is -2.07. The normalized spacial score (nSPS) is 13.1. The highest BCUT2D eigenvalue weighted by atomic mass is 16.5. The molecule has 0 saturated heterocycles. The molecule has 0 fully saturated rings. The zero-order chi connectivity index (χ0) is 12.3. The van der Waals surface area contributed by atoms with E-state index in [-0.39, 0.29) is 6.04 Å². The van der Waals surface area contributed by atoms with Crippen molar-refractivity contribution in [3.63, 3.8) is 0 Å². The average molecular weight is 233 g/mol. The summed E-state index contributed by atoms with van der Waals surface area (Å²) in [5, 5.41) is 0. The number of nitrogens with two attached hydrogens (primary N) is 1. The molecule has 92 valence electrons. The van der Waals surface area contributed by atoms with Gasteiger partial charge >= 0.3 is 0 Å². The monoisotopic (exact) mass is 233 g/mol. The lowest BCUT2D eigenvalue weighted by molar-refractivity contribution is 0.190. The van der Waals surface area contributed by atoms with Crippen molar-refractivity contribution in [1.29, 1.82) is 0 Å². The number of aromatic nitrogens is 2. The summed E-state index contributed by atoms with van der Waals surface area (Å²) in [6, 6.07) is 6.13. The summed E-state index contributed by atoms with van der Waals surface area (Å²) in [5.74, 6) is 0.863. The molecule has 3 N–H and O–H groups in total. The topological polar surface area (TPSA) is 63.9 Å². The molecule has 1 unspecified atom stereocenters. The first-order valence-corrected chi connectivity index (χ1v) is 5.91. The van der Waals surface area contributed by atoms with Gasteiger partial charge in [0.15, 0.2) is 0 Å². The number of hydrogen-bond donors (Lipinski definition) is 2.